The summed E-state index contributed by atoms with van der Waals surface area (Å²) in [6.45, 7) is 5.43. The Hall–Kier alpha value is -1.46. The second-order valence-electron chi connectivity index (χ2n) is 5.81. The number of benzene rings is 1. The number of hydrogen-bond acceptors (Lipinski definition) is 3. The third-order valence-corrected chi connectivity index (χ3v) is 4.58. The first-order chi connectivity index (χ1) is 10.2. The van der Waals surface area contributed by atoms with Gasteiger partial charge >= 0.3 is 0 Å². The molecule has 2 fully saturated rings. The Morgan fingerprint density at radius 1 is 1.33 bits per heavy atom. The molecule has 2 aliphatic rings. The number of carbonyl (C=O) groups is 1. The summed E-state index contributed by atoms with van der Waals surface area (Å²) in [5.74, 6) is -0.116. The zero-order valence-electron chi connectivity index (χ0n) is 12.4. The number of amides is 1. The van der Waals surface area contributed by atoms with Crippen molar-refractivity contribution in [2.24, 2.45) is 0 Å². The summed E-state index contributed by atoms with van der Waals surface area (Å²) in [7, 11) is 0. The van der Waals surface area contributed by atoms with Gasteiger partial charge in [-0.1, -0.05) is 19.1 Å². The van der Waals surface area contributed by atoms with Crippen molar-refractivity contribution in [2.45, 2.75) is 32.0 Å². The highest BCUT2D eigenvalue weighted by molar-refractivity contribution is 5.81. The smallest absolute Gasteiger partial charge is 0.238 e. The van der Waals surface area contributed by atoms with Crippen LogP contribution in [0.4, 0.5) is 4.39 Å². The lowest BCUT2D eigenvalue weighted by Gasteiger charge is -2.31. The van der Waals surface area contributed by atoms with Gasteiger partial charge in [0.1, 0.15) is 12.0 Å². The monoisotopic (exact) mass is 291 g/mol. The van der Waals surface area contributed by atoms with E-state index in [4.69, 9.17) is 0 Å². The van der Waals surface area contributed by atoms with Crippen LogP contribution in [0.2, 0.25) is 0 Å². The third-order valence-electron chi connectivity index (χ3n) is 4.58. The number of likely N-dealkylation sites (N-methyl/N-ethyl adjacent to an activating group) is 1. The molecule has 0 aliphatic carbocycles. The Labute approximate surface area is 124 Å². The van der Waals surface area contributed by atoms with Crippen molar-refractivity contribution in [3.63, 3.8) is 0 Å². The van der Waals surface area contributed by atoms with Gasteiger partial charge in [-0.15, -0.1) is 0 Å². The molecular formula is C16H22FN3O. The first-order valence-corrected chi connectivity index (χ1v) is 7.71. The summed E-state index contributed by atoms with van der Waals surface area (Å²) in [6, 6.07) is 6.86. The van der Waals surface area contributed by atoms with Crippen LogP contribution in [0.1, 0.15) is 31.5 Å². The molecule has 2 aliphatic heterocycles. The van der Waals surface area contributed by atoms with Crippen LogP contribution < -0.4 is 5.32 Å². The fourth-order valence-corrected chi connectivity index (χ4v) is 3.44. The number of halogens is 1. The summed E-state index contributed by atoms with van der Waals surface area (Å²) >= 11 is 0. The van der Waals surface area contributed by atoms with Crippen molar-refractivity contribution in [1.82, 2.24) is 15.1 Å². The number of likely N-dealkylation sites (tertiary alicyclic amines) is 1. The summed E-state index contributed by atoms with van der Waals surface area (Å²) in [4.78, 5) is 16.5. The summed E-state index contributed by atoms with van der Waals surface area (Å²) in [6.07, 6.45) is 2.22. The first kappa shape index (κ1) is 14.5. The van der Waals surface area contributed by atoms with E-state index >= 15 is 0 Å². The number of hydrogen-bond donors (Lipinski definition) is 1. The van der Waals surface area contributed by atoms with Gasteiger partial charge in [0.2, 0.25) is 5.91 Å². The van der Waals surface area contributed by atoms with Crippen LogP contribution in [0.3, 0.4) is 0 Å². The summed E-state index contributed by atoms with van der Waals surface area (Å²) < 4.78 is 13.1. The Kier molecular flexibility index (Phi) is 4.22. The maximum absolute atomic E-state index is 13.1. The fourth-order valence-electron chi connectivity index (χ4n) is 3.44. The second kappa shape index (κ2) is 6.12. The lowest BCUT2D eigenvalue weighted by Crippen LogP contribution is -2.42. The Morgan fingerprint density at radius 3 is 2.81 bits per heavy atom. The molecule has 2 saturated heterocycles. The van der Waals surface area contributed by atoms with Crippen molar-refractivity contribution in [1.29, 1.82) is 0 Å². The molecule has 2 atom stereocenters. The van der Waals surface area contributed by atoms with Crippen LogP contribution in [0.25, 0.3) is 0 Å². The Bertz CT molecular complexity index is 505. The molecule has 4 nitrogen and oxygen atoms in total. The highest BCUT2D eigenvalue weighted by Gasteiger charge is 2.35. The molecule has 1 aromatic carbocycles. The Balaban J connectivity index is 1.75. The van der Waals surface area contributed by atoms with E-state index in [-0.39, 0.29) is 17.9 Å². The van der Waals surface area contributed by atoms with Crippen LogP contribution in [0.15, 0.2) is 24.3 Å². The average molecular weight is 291 g/mol. The van der Waals surface area contributed by atoms with Gasteiger partial charge in [0.05, 0.1) is 6.54 Å². The topological polar surface area (TPSA) is 35.6 Å². The van der Waals surface area contributed by atoms with E-state index < -0.39 is 0 Å². The predicted octanol–water partition coefficient (Wildman–Crippen LogP) is 1.74. The molecule has 1 amide bonds. The van der Waals surface area contributed by atoms with Crippen LogP contribution in [-0.2, 0) is 4.79 Å². The van der Waals surface area contributed by atoms with E-state index in [0.29, 0.717) is 12.6 Å². The molecular weight excluding hydrogens is 269 g/mol. The van der Waals surface area contributed by atoms with Crippen LogP contribution in [-0.4, -0.2) is 47.9 Å². The molecule has 114 valence electrons. The zero-order chi connectivity index (χ0) is 14.8. The van der Waals surface area contributed by atoms with Crippen molar-refractivity contribution in [3.8, 4) is 0 Å². The number of rotatable bonds is 4. The molecule has 21 heavy (non-hydrogen) atoms. The highest BCUT2D eigenvalue weighted by atomic mass is 19.1. The summed E-state index contributed by atoms with van der Waals surface area (Å²) in [5, 5.41) is 3.23. The molecule has 0 spiro atoms. The maximum Gasteiger partial charge on any atom is 0.238 e. The van der Waals surface area contributed by atoms with E-state index in [1.165, 1.54) is 18.6 Å². The van der Waals surface area contributed by atoms with Crippen molar-refractivity contribution < 1.29 is 9.18 Å². The number of nitrogens with one attached hydrogen (secondary N) is 1. The van der Waals surface area contributed by atoms with Gasteiger partial charge in [-0.2, -0.15) is 0 Å². The van der Waals surface area contributed by atoms with Crippen LogP contribution >= 0.6 is 0 Å². The maximum atomic E-state index is 13.1. The van der Waals surface area contributed by atoms with Crippen molar-refractivity contribution >= 4 is 5.91 Å². The first-order valence-electron chi connectivity index (χ1n) is 7.71. The van der Waals surface area contributed by atoms with Gasteiger partial charge in [-0.05, 0) is 43.6 Å². The van der Waals surface area contributed by atoms with Gasteiger partial charge in [-0.3, -0.25) is 15.0 Å². The van der Waals surface area contributed by atoms with E-state index in [1.807, 2.05) is 4.90 Å². The van der Waals surface area contributed by atoms with Crippen molar-refractivity contribution in [2.75, 3.05) is 26.2 Å². The van der Waals surface area contributed by atoms with Gasteiger partial charge in [0.25, 0.3) is 0 Å². The summed E-state index contributed by atoms with van der Waals surface area (Å²) in [5.41, 5.74) is 0.947. The molecule has 2 unspecified atom stereocenters. The second-order valence-corrected chi connectivity index (χ2v) is 5.81. The molecule has 0 bridgehead atoms. The molecule has 1 aromatic rings. The van der Waals surface area contributed by atoms with Gasteiger partial charge in [-0.25, -0.2) is 4.39 Å². The van der Waals surface area contributed by atoms with E-state index in [2.05, 4.69) is 17.1 Å². The van der Waals surface area contributed by atoms with Gasteiger partial charge < -0.3 is 4.90 Å². The van der Waals surface area contributed by atoms with Gasteiger partial charge in [0.15, 0.2) is 0 Å². The minimum absolute atomic E-state index is 0.127. The molecule has 3 rings (SSSR count). The zero-order valence-corrected chi connectivity index (χ0v) is 12.4. The van der Waals surface area contributed by atoms with Crippen molar-refractivity contribution in [3.05, 3.63) is 35.6 Å². The normalized spacial score (nSPS) is 26.8. The largest absolute Gasteiger partial charge is 0.320 e. The van der Waals surface area contributed by atoms with E-state index in [1.54, 1.807) is 12.1 Å². The molecule has 0 radical (unpaired) electrons. The van der Waals surface area contributed by atoms with Crippen LogP contribution in [0.5, 0.6) is 0 Å². The minimum atomic E-state index is -0.248. The fraction of sp³-hybridized carbons (Fsp3) is 0.562. The van der Waals surface area contributed by atoms with Crippen LogP contribution in [0, 0.1) is 5.82 Å². The SMILES string of the molecule is CCN1CCCC1CN1C(=O)CNC1c1ccc(F)cc1. The van der Waals surface area contributed by atoms with E-state index in [0.717, 1.165) is 31.6 Å². The lowest BCUT2D eigenvalue weighted by atomic mass is 10.1. The van der Waals surface area contributed by atoms with Gasteiger partial charge in [0, 0.05) is 12.6 Å². The Morgan fingerprint density at radius 2 is 2.10 bits per heavy atom. The third kappa shape index (κ3) is 2.94. The lowest BCUT2D eigenvalue weighted by molar-refractivity contribution is -0.128. The molecule has 5 heteroatoms. The number of nitrogens with zero attached hydrogens (tertiary/aromatic N) is 2. The molecule has 2 heterocycles. The quantitative estimate of drug-likeness (QED) is 0.918. The number of carbonyl (C=O) groups excluding carboxylic acids is 1. The molecule has 1 N–H and O–H groups in total. The standard InChI is InChI=1S/C16H22FN3O/c1-2-19-9-3-4-14(19)11-20-15(21)10-18-16(20)12-5-7-13(17)8-6-12/h5-8,14,16,18H,2-4,9-11H2,1H3. The van der Waals surface area contributed by atoms with E-state index in [9.17, 15) is 9.18 Å². The molecule has 0 saturated carbocycles. The average Bonchev–Trinajstić information content (AvgIpc) is 3.08. The highest BCUT2D eigenvalue weighted by Crippen LogP contribution is 2.26. The molecule has 0 aromatic heterocycles. The minimum Gasteiger partial charge on any atom is -0.320 e. The predicted molar refractivity (Wildman–Crippen MR) is 79.1 cm³/mol.